The van der Waals surface area contributed by atoms with Crippen molar-refractivity contribution in [3.05, 3.63) is 33.3 Å². The van der Waals surface area contributed by atoms with Gasteiger partial charge in [0.05, 0.1) is 12.2 Å². The molecule has 1 fully saturated rings. The fourth-order valence-electron chi connectivity index (χ4n) is 2.74. The number of imide groups is 1. The molecule has 3 heterocycles. The Bertz CT molecular complexity index is 779. The Morgan fingerprint density at radius 1 is 1.33 bits per heavy atom. The van der Waals surface area contributed by atoms with E-state index in [1.165, 1.54) is 9.78 Å². The normalized spacial score (nSPS) is 17.9. The molecule has 1 aliphatic heterocycles. The highest BCUT2D eigenvalue weighted by atomic mass is 32.1. The second-order valence-electron chi connectivity index (χ2n) is 6.35. The number of nitrogens with one attached hydrogen (secondary N) is 1. The van der Waals surface area contributed by atoms with Crippen LogP contribution in [0.25, 0.3) is 0 Å². The van der Waals surface area contributed by atoms with Crippen molar-refractivity contribution in [2.24, 2.45) is 0 Å². The first-order valence-corrected chi connectivity index (χ1v) is 8.75. The van der Waals surface area contributed by atoms with Gasteiger partial charge in [-0.25, -0.2) is 9.48 Å². The molecule has 1 N–H and O–H groups in total. The van der Waals surface area contributed by atoms with Gasteiger partial charge in [-0.15, -0.1) is 16.4 Å². The summed E-state index contributed by atoms with van der Waals surface area (Å²) in [4.78, 5) is 28.3. The highest BCUT2D eigenvalue weighted by Crippen LogP contribution is 2.23. The van der Waals surface area contributed by atoms with E-state index in [0.717, 1.165) is 10.4 Å². The highest BCUT2D eigenvalue weighted by molar-refractivity contribution is 7.12. The Labute approximate surface area is 144 Å². The minimum atomic E-state index is -0.574. The molecule has 3 amide bonds. The van der Waals surface area contributed by atoms with E-state index >= 15 is 0 Å². The van der Waals surface area contributed by atoms with Crippen LogP contribution >= 0.6 is 11.3 Å². The van der Waals surface area contributed by atoms with Crippen LogP contribution in [0.1, 0.15) is 40.9 Å². The van der Waals surface area contributed by atoms with Gasteiger partial charge in [0.2, 0.25) is 0 Å². The molecule has 0 unspecified atom stereocenters. The SMILES string of the molecule is Cc1cc(CN2C(=O)N[C@H](Cc3cn(C(C)C)nn3)C2=O)c(C)s1. The predicted octanol–water partition coefficient (Wildman–Crippen LogP) is 2.20. The van der Waals surface area contributed by atoms with E-state index in [2.05, 4.69) is 15.6 Å². The van der Waals surface area contributed by atoms with E-state index in [1.54, 1.807) is 16.0 Å². The molecule has 0 radical (unpaired) electrons. The van der Waals surface area contributed by atoms with Crippen molar-refractivity contribution >= 4 is 23.3 Å². The van der Waals surface area contributed by atoms with Gasteiger partial charge in [-0.3, -0.25) is 9.69 Å². The predicted molar refractivity (Wildman–Crippen MR) is 90.8 cm³/mol. The molecule has 0 spiro atoms. The molecule has 1 saturated heterocycles. The minimum Gasteiger partial charge on any atom is -0.325 e. The van der Waals surface area contributed by atoms with Crippen LogP contribution in [-0.2, 0) is 17.8 Å². The van der Waals surface area contributed by atoms with Crippen LogP contribution in [-0.4, -0.2) is 37.9 Å². The number of carbonyl (C=O) groups excluding carboxylic acids is 2. The lowest BCUT2D eigenvalue weighted by molar-refractivity contribution is -0.127. The number of aryl methyl sites for hydroxylation is 2. The summed E-state index contributed by atoms with van der Waals surface area (Å²) in [5.74, 6) is -0.206. The van der Waals surface area contributed by atoms with Gasteiger partial charge in [-0.2, -0.15) is 0 Å². The van der Waals surface area contributed by atoms with E-state index < -0.39 is 6.04 Å². The van der Waals surface area contributed by atoms with Crippen molar-refractivity contribution in [2.75, 3.05) is 0 Å². The molecular formula is C16H21N5O2S. The van der Waals surface area contributed by atoms with Crippen molar-refractivity contribution in [1.29, 1.82) is 0 Å². The monoisotopic (exact) mass is 347 g/mol. The minimum absolute atomic E-state index is 0.206. The average molecular weight is 347 g/mol. The van der Waals surface area contributed by atoms with Crippen LogP contribution in [0.4, 0.5) is 4.79 Å². The maximum Gasteiger partial charge on any atom is 0.325 e. The summed E-state index contributed by atoms with van der Waals surface area (Å²) in [6, 6.07) is 1.32. The first-order valence-electron chi connectivity index (χ1n) is 7.93. The van der Waals surface area contributed by atoms with Gasteiger partial charge < -0.3 is 5.32 Å². The summed E-state index contributed by atoms with van der Waals surface area (Å²) in [5.41, 5.74) is 1.72. The van der Waals surface area contributed by atoms with Crippen LogP contribution in [0.5, 0.6) is 0 Å². The largest absolute Gasteiger partial charge is 0.325 e. The van der Waals surface area contributed by atoms with Crippen LogP contribution in [0.2, 0.25) is 0 Å². The van der Waals surface area contributed by atoms with Crippen LogP contribution < -0.4 is 5.32 Å². The Morgan fingerprint density at radius 2 is 2.08 bits per heavy atom. The number of hydrogen-bond acceptors (Lipinski definition) is 5. The molecule has 0 aromatic carbocycles. The van der Waals surface area contributed by atoms with Crippen molar-refractivity contribution in [1.82, 2.24) is 25.2 Å². The summed E-state index contributed by atoms with van der Waals surface area (Å²) in [5, 5.41) is 10.9. The molecule has 128 valence electrons. The van der Waals surface area contributed by atoms with Gasteiger partial charge >= 0.3 is 6.03 Å². The Kier molecular flexibility index (Phi) is 4.40. The molecule has 0 saturated carbocycles. The summed E-state index contributed by atoms with van der Waals surface area (Å²) >= 11 is 1.67. The fraction of sp³-hybridized carbons (Fsp3) is 0.500. The van der Waals surface area contributed by atoms with E-state index in [1.807, 2.05) is 40.0 Å². The number of aromatic nitrogens is 3. The first kappa shape index (κ1) is 16.6. The zero-order valence-electron chi connectivity index (χ0n) is 14.2. The third-order valence-corrected chi connectivity index (χ3v) is 5.09. The van der Waals surface area contributed by atoms with Gasteiger partial charge in [0, 0.05) is 28.4 Å². The summed E-state index contributed by atoms with van der Waals surface area (Å²) in [6.07, 6.45) is 2.18. The van der Waals surface area contributed by atoms with Crippen LogP contribution in [0, 0.1) is 13.8 Å². The number of nitrogens with zero attached hydrogens (tertiary/aromatic N) is 4. The van der Waals surface area contributed by atoms with E-state index in [-0.39, 0.29) is 18.0 Å². The molecule has 3 rings (SSSR count). The smallest absolute Gasteiger partial charge is 0.325 e. The third kappa shape index (κ3) is 3.19. The molecule has 2 aromatic rings. The number of rotatable bonds is 5. The summed E-state index contributed by atoms with van der Waals surface area (Å²) < 4.78 is 1.74. The Balaban J connectivity index is 1.70. The zero-order chi connectivity index (χ0) is 17.4. The summed E-state index contributed by atoms with van der Waals surface area (Å²) in [6.45, 7) is 8.36. The maximum absolute atomic E-state index is 12.6. The van der Waals surface area contributed by atoms with Gasteiger partial charge in [-0.05, 0) is 39.3 Å². The number of amides is 3. The topological polar surface area (TPSA) is 80.1 Å². The van der Waals surface area contributed by atoms with Crippen LogP contribution in [0.3, 0.4) is 0 Å². The lowest BCUT2D eigenvalue weighted by atomic mass is 10.1. The third-order valence-electron chi connectivity index (χ3n) is 4.08. The summed E-state index contributed by atoms with van der Waals surface area (Å²) in [7, 11) is 0. The number of thiophene rings is 1. The van der Waals surface area contributed by atoms with Crippen molar-refractivity contribution in [3.8, 4) is 0 Å². The highest BCUT2D eigenvalue weighted by Gasteiger charge is 2.38. The molecule has 24 heavy (non-hydrogen) atoms. The van der Waals surface area contributed by atoms with Gasteiger partial charge in [-0.1, -0.05) is 5.21 Å². The average Bonchev–Trinajstić information content (AvgIpc) is 3.15. The second-order valence-corrected chi connectivity index (χ2v) is 7.81. The molecule has 1 atom stereocenters. The molecular weight excluding hydrogens is 326 g/mol. The fourth-order valence-corrected chi connectivity index (χ4v) is 3.68. The van der Waals surface area contributed by atoms with Gasteiger partial charge in [0.25, 0.3) is 5.91 Å². The standard InChI is InChI=1S/C16H21N5O2S/c1-9(2)21-8-13(18-19-21)6-14-15(22)20(16(23)17-14)7-12-5-10(3)24-11(12)4/h5,8-9,14H,6-7H2,1-4H3,(H,17,23)/t14-/m1/s1. The van der Waals surface area contributed by atoms with Crippen LogP contribution in [0.15, 0.2) is 12.3 Å². The zero-order valence-corrected chi connectivity index (χ0v) is 15.1. The lowest BCUT2D eigenvalue weighted by Gasteiger charge is -2.12. The van der Waals surface area contributed by atoms with Crippen molar-refractivity contribution < 1.29 is 9.59 Å². The quantitative estimate of drug-likeness (QED) is 0.841. The first-order chi connectivity index (χ1) is 11.3. The molecule has 2 aromatic heterocycles. The molecule has 8 heteroatoms. The second kappa shape index (κ2) is 6.35. The molecule has 7 nitrogen and oxygen atoms in total. The Morgan fingerprint density at radius 3 is 2.67 bits per heavy atom. The van der Waals surface area contributed by atoms with E-state index in [9.17, 15) is 9.59 Å². The number of urea groups is 1. The maximum atomic E-state index is 12.6. The van der Waals surface area contributed by atoms with Gasteiger partial charge in [0.1, 0.15) is 6.04 Å². The molecule has 1 aliphatic rings. The Hall–Kier alpha value is -2.22. The van der Waals surface area contributed by atoms with Crippen molar-refractivity contribution in [2.45, 2.75) is 52.7 Å². The number of hydrogen-bond donors (Lipinski definition) is 1. The number of carbonyl (C=O) groups is 2. The van der Waals surface area contributed by atoms with E-state index in [0.29, 0.717) is 18.7 Å². The van der Waals surface area contributed by atoms with E-state index in [4.69, 9.17) is 0 Å². The molecule has 0 aliphatic carbocycles. The lowest BCUT2D eigenvalue weighted by Crippen LogP contribution is -2.32. The molecule has 0 bridgehead atoms. The van der Waals surface area contributed by atoms with Gasteiger partial charge in [0.15, 0.2) is 0 Å². The van der Waals surface area contributed by atoms with Crippen molar-refractivity contribution in [3.63, 3.8) is 0 Å².